The van der Waals surface area contributed by atoms with Crippen LogP contribution in [0.15, 0.2) is 24.3 Å². The van der Waals surface area contributed by atoms with E-state index in [4.69, 9.17) is 16.3 Å². The highest BCUT2D eigenvalue weighted by Crippen LogP contribution is 2.25. The van der Waals surface area contributed by atoms with Gasteiger partial charge in [0.1, 0.15) is 0 Å². The molecule has 1 N–H and O–H groups in total. The van der Waals surface area contributed by atoms with Crippen molar-refractivity contribution in [2.24, 2.45) is 0 Å². The maximum atomic E-state index is 12.0. The summed E-state index contributed by atoms with van der Waals surface area (Å²) in [7, 11) is 1.64. The maximum absolute atomic E-state index is 12.0. The van der Waals surface area contributed by atoms with E-state index in [2.05, 4.69) is 15.1 Å². The van der Waals surface area contributed by atoms with Crippen LogP contribution >= 0.6 is 11.6 Å². The lowest BCUT2D eigenvalue weighted by Gasteiger charge is -2.36. The van der Waals surface area contributed by atoms with Crippen molar-refractivity contribution in [3.05, 3.63) is 29.3 Å². The summed E-state index contributed by atoms with van der Waals surface area (Å²) >= 11 is 6.23. The number of methoxy groups -OCH3 is 1. The number of piperazine rings is 1. The van der Waals surface area contributed by atoms with Crippen LogP contribution in [-0.4, -0.2) is 63.3 Å². The highest BCUT2D eigenvalue weighted by molar-refractivity contribution is 6.33. The molecule has 0 bridgehead atoms. The summed E-state index contributed by atoms with van der Waals surface area (Å²) in [5, 5.41) is 3.72. The Balaban J connectivity index is 1.78. The number of carbonyl (C=O) groups excluding carboxylic acids is 1. The van der Waals surface area contributed by atoms with Gasteiger partial charge in [0.25, 0.3) is 0 Å². The number of halogens is 1. The molecule has 0 saturated carbocycles. The molecular formula is C16H24ClN3O2. The summed E-state index contributed by atoms with van der Waals surface area (Å²) in [4.78, 5) is 16.4. The van der Waals surface area contributed by atoms with Crippen LogP contribution in [0.1, 0.15) is 6.92 Å². The summed E-state index contributed by atoms with van der Waals surface area (Å²) in [5.41, 5.74) is 1.07. The average molecular weight is 326 g/mol. The zero-order valence-electron chi connectivity index (χ0n) is 13.2. The molecule has 2 rings (SSSR count). The fourth-order valence-corrected chi connectivity index (χ4v) is 2.93. The van der Waals surface area contributed by atoms with E-state index in [0.717, 1.165) is 36.9 Å². The molecule has 122 valence electrons. The van der Waals surface area contributed by atoms with E-state index in [-0.39, 0.29) is 11.9 Å². The van der Waals surface area contributed by atoms with Gasteiger partial charge in [-0.3, -0.25) is 9.69 Å². The van der Waals surface area contributed by atoms with Crippen LogP contribution in [0.4, 0.5) is 5.69 Å². The number of hydrogen-bond donors (Lipinski definition) is 1. The van der Waals surface area contributed by atoms with E-state index in [1.54, 1.807) is 7.11 Å². The summed E-state index contributed by atoms with van der Waals surface area (Å²) in [6.07, 6.45) is 0. The molecule has 0 radical (unpaired) electrons. The molecule has 1 aliphatic heterocycles. The highest BCUT2D eigenvalue weighted by Gasteiger charge is 2.20. The molecule has 1 atom stereocenters. The first kappa shape index (κ1) is 17.1. The first-order valence-corrected chi connectivity index (χ1v) is 7.98. The molecule has 5 nitrogen and oxygen atoms in total. The molecular weight excluding hydrogens is 302 g/mol. The van der Waals surface area contributed by atoms with Crippen molar-refractivity contribution in [2.45, 2.75) is 13.0 Å². The lowest BCUT2D eigenvalue weighted by molar-refractivity contribution is -0.123. The van der Waals surface area contributed by atoms with Gasteiger partial charge in [0.05, 0.1) is 23.9 Å². The molecule has 1 aliphatic rings. The Morgan fingerprint density at radius 2 is 2.00 bits per heavy atom. The second kappa shape index (κ2) is 8.36. The minimum atomic E-state index is 0.0434. The molecule has 1 heterocycles. The Morgan fingerprint density at radius 1 is 1.32 bits per heavy atom. The lowest BCUT2D eigenvalue weighted by atomic mass is 10.2. The molecule has 0 aromatic heterocycles. The Kier molecular flexibility index (Phi) is 6.49. The summed E-state index contributed by atoms with van der Waals surface area (Å²) in [6.45, 7) is 6.39. The Bertz CT molecular complexity index is 490. The fourth-order valence-electron chi connectivity index (χ4n) is 2.67. The van der Waals surface area contributed by atoms with Crippen molar-refractivity contribution in [2.75, 3.05) is 51.3 Å². The topological polar surface area (TPSA) is 44.8 Å². The van der Waals surface area contributed by atoms with E-state index in [1.807, 2.05) is 31.2 Å². The third kappa shape index (κ3) is 4.87. The molecule has 0 spiro atoms. The third-order valence-electron chi connectivity index (χ3n) is 3.76. The van der Waals surface area contributed by atoms with Crippen molar-refractivity contribution in [1.82, 2.24) is 10.2 Å². The van der Waals surface area contributed by atoms with Crippen LogP contribution in [0.5, 0.6) is 0 Å². The molecule has 6 heteroatoms. The SMILES string of the molecule is COCC(C)NC(=O)CN1CCN(c2ccccc2Cl)CC1. The number of nitrogens with one attached hydrogen (secondary N) is 1. The van der Waals surface area contributed by atoms with E-state index in [1.165, 1.54) is 0 Å². The summed E-state index contributed by atoms with van der Waals surface area (Å²) in [5.74, 6) is 0.0516. The minimum Gasteiger partial charge on any atom is -0.383 e. The average Bonchev–Trinajstić information content (AvgIpc) is 2.49. The number of ether oxygens (including phenoxy) is 1. The second-order valence-electron chi connectivity index (χ2n) is 5.64. The van der Waals surface area contributed by atoms with Gasteiger partial charge in [0.15, 0.2) is 0 Å². The molecule has 1 amide bonds. The number of amides is 1. The van der Waals surface area contributed by atoms with Gasteiger partial charge in [-0.2, -0.15) is 0 Å². The molecule has 22 heavy (non-hydrogen) atoms. The largest absolute Gasteiger partial charge is 0.383 e. The van der Waals surface area contributed by atoms with Gasteiger partial charge in [0, 0.05) is 39.3 Å². The predicted octanol–water partition coefficient (Wildman–Crippen LogP) is 1.61. The standard InChI is InChI=1S/C16H24ClN3O2/c1-13(12-22-2)18-16(21)11-19-7-9-20(10-8-19)15-6-4-3-5-14(15)17/h3-6,13H,7-12H2,1-2H3,(H,18,21). The van der Waals surface area contributed by atoms with E-state index < -0.39 is 0 Å². The van der Waals surface area contributed by atoms with Gasteiger partial charge >= 0.3 is 0 Å². The lowest BCUT2D eigenvalue weighted by Crippen LogP contribution is -2.50. The van der Waals surface area contributed by atoms with E-state index in [0.29, 0.717) is 13.2 Å². The minimum absolute atomic E-state index is 0.0434. The number of nitrogens with zero attached hydrogens (tertiary/aromatic N) is 2. The van der Waals surface area contributed by atoms with Crippen LogP contribution in [0.2, 0.25) is 5.02 Å². The fraction of sp³-hybridized carbons (Fsp3) is 0.562. The van der Waals surface area contributed by atoms with Crippen LogP contribution in [-0.2, 0) is 9.53 Å². The molecule has 1 fully saturated rings. The smallest absolute Gasteiger partial charge is 0.234 e. The first-order chi connectivity index (χ1) is 10.6. The molecule has 1 aromatic rings. The zero-order valence-corrected chi connectivity index (χ0v) is 14.0. The number of carbonyl (C=O) groups is 1. The number of hydrogen-bond acceptors (Lipinski definition) is 4. The normalized spacial score (nSPS) is 17.3. The zero-order chi connectivity index (χ0) is 15.9. The first-order valence-electron chi connectivity index (χ1n) is 7.60. The monoisotopic (exact) mass is 325 g/mol. The molecule has 1 unspecified atom stereocenters. The molecule has 1 saturated heterocycles. The highest BCUT2D eigenvalue weighted by atomic mass is 35.5. The number of benzene rings is 1. The van der Waals surface area contributed by atoms with Gasteiger partial charge in [-0.05, 0) is 19.1 Å². The number of rotatable bonds is 6. The van der Waals surface area contributed by atoms with E-state index in [9.17, 15) is 4.79 Å². The molecule has 0 aliphatic carbocycles. The van der Waals surface area contributed by atoms with Gasteiger partial charge in [-0.1, -0.05) is 23.7 Å². The summed E-state index contributed by atoms with van der Waals surface area (Å²) in [6, 6.07) is 7.93. The predicted molar refractivity (Wildman–Crippen MR) is 89.6 cm³/mol. The quantitative estimate of drug-likeness (QED) is 0.863. The van der Waals surface area contributed by atoms with Crippen LogP contribution in [0.25, 0.3) is 0 Å². The number of para-hydroxylation sites is 1. The van der Waals surface area contributed by atoms with Gasteiger partial charge in [0.2, 0.25) is 5.91 Å². The summed E-state index contributed by atoms with van der Waals surface area (Å²) < 4.78 is 5.02. The number of anilines is 1. The maximum Gasteiger partial charge on any atom is 0.234 e. The van der Waals surface area contributed by atoms with Gasteiger partial charge in [-0.25, -0.2) is 0 Å². The Hall–Kier alpha value is -1.30. The van der Waals surface area contributed by atoms with Crippen molar-refractivity contribution >= 4 is 23.2 Å². The van der Waals surface area contributed by atoms with Gasteiger partial charge in [-0.15, -0.1) is 0 Å². The van der Waals surface area contributed by atoms with Crippen LogP contribution in [0, 0.1) is 0 Å². The van der Waals surface area contributed by atoms with Crippen molar-refractivity contribution < 1.29 is 9.53 Å². The van der Waals surface area contributed by atoms with Crippen LogP contribution < -0.4 is 10.2 Å². The third-order valence-corrected chi connectivity index (χ3v) is 4.08. The van der Waals surface area contributed by atoms with Crippen LogP contribution in [0.3, 0.4) is 0 Å². The Labute approximate surface area is 137 Å². The van der Waals surface area contributed by atoms with Crippen molar-refractivity contribution in [3.8, 4) is 0 Å². The van der Waals surface area contributed by atoms with E-state index >= 15 is 0 Å². The van der Waals surface area contributed by atoms with Crippen molar-refractivity contribution in [3.63, 3.8) is 0 Å². The second-order valence-corrected chi connectivity index (χ2v) is 6.05. The van der Waals surface area contributed by atoms with Gasteiger partial charge < -0.3 is 15.0 Å². The Morgan fingerprint density at radius 3 is 2.64 bits per heavy atom. The van der Waals surface area contributed by atoms with Crippen molar-refractivity contribution in [1.29, 1.82) is 0 Å². The molecule has 1 aromatic carbocycles.